The van der Waals surface area contributed by atoms with E-state index >= 15 is 0 Å². The van der Waals surface area contributed by atoms with Gasteiger partial charge in [-0.2, -0.15) is 0 Å². The van der Waals surface area contributed by atoms with Gasteiger partial charge in [0.25, 0.3) is 5.91 Å². The summed E-state index contributed by atoms with van der Waals surface area (Å²) in [7, 11) is 0. The van der Waals surface area contributed by atoms with E-state index < -0.39 is 23.4 Å². The van der Waals surface area contributed by atoms with Gasteiger partial charge in [-0.3, -0.25) is 9.59 Å². The topological polar surface area (TPSA) is 49.4 Å². The van der Waals surface area contributed by atoms with Crippen molar-refractivity contribution in [3.63, 3.8) is 0 Å². The third-order valence-corrected chi connectivity index (χ3v) is 5.44. The molecule has 1 aliphatic heterocycles. The fourth-order valence-corrected chi connectivity index (χ4v) is 3.57. The molecule has 2 aromatic rings. The van der Waals surface area contributed by atoms with Gasteiger partial charge < -0.3 is 10.2 Å². The van der Waals surface area contributed by atoms with Crippen LogP contribution < -0.4 is 5.32 Å². The number of benzene rings is 2. The number of hydrogen-bond donors (Lipinski definition) is 1. The summed E-state index contributed by atoms with van der Waals surface area (Å²) in [5, 5.41) is 2.66. The van der Waals surface area contributed by atoms with Gasteiger partial charge in [-0.1, -0.05) is 12.1 Å². The van der Waals surface area contributed by atoms with Gasteiger partial charge in [0.15, 0.2) is 11.6 Å². The minimum Gasteiger partial charge on any atom is -0.352 e. The standard InChI is InChI=1S/C21H18F3IN2O2/c1-2-7-26-20(28)13-10-27(11-13)21(29)15-5-6-17(22)19(24)16(15)8-12-3-4-14(25)9-18(12)23/h2-6,9,13H,1,7-8,10-11H2,(H,26,28). The molecule has 0 aromatic heterocycles. The fourth-order valence-electron chi connectivity index (χ4n) is 3.12. The van der Waals surface area contributed by atoms with Crippen LogP contribution in [-0.4, -0.2) is 36.3 Å². The molecular formula is C21H18F3IN2O2. The predicted molar refractivity (Wildman–Crippen MR) is 111 cm³/mol. The van der Waals surface area contributed by atoms with Crippen LogP contribution in [0.3, 0.4) is 0 Å². The number of rotatable bonds is 6. The molecule has 152 valence electrons. The quantitative estimate of drug-likeness (QED) is 0.473. The first-order valence-corrected chi connectivity index (χ1v) is 9.98. The average Bonchev–Trinajstić information content (AvgIpc) is 2.64. The Kier molecular flexibility index (Phi) is 6.61. The average molecular weight is 514 g/mol. The summed E-state index contributed by atoms with van der Waals surface area (Å²) >= 11 is 1.95. The molecule has 1 heterocycles. The second-order valence-corrected chi connectivity index (χ2v) is 7.99. The number of carbonyl (C=O) groups excluding carboxylic acids is 2. The first-order valence-electron chi connectivity index (χ1n) is 8.90. The minimum atomic E-state index is -1.17. The number of likely N-dealkylation sites (tertiary alicyclic amines) is 1. The summed E-state index contributed by atoms with van der Waals surface area (Å²) in [6.07, 6.45) is 1.29. The SMILES string of the molecule is C=CCNC(=O)C1CN(C(=O)c2ccc(F)c(F)c2Cc2ccc(I)cc2F)C1. The van der Waals surface area contributed by atoms with Gasteiger partial charge in [-0.25, -0.2) is 13.2 Å². The maximum atomic E-state index is 14.5. The van der Waals surface area contributed by atoms with Crippen LogP contribution in [0, 0.1) is 26.9 Å². The summed E-state index contributed by atoms with van der Waals surface area (Å²) in [6, 6.07) is 6.51. The van der Waals surface area contributed by atoms with Crippen LogP contribution >= 0.6 is 22.6 Å². The highest BCUT2D eigenvalue weighted by atomic mass is 127. The van der Waals surface area contributed by atoms with E-state index in [0.717, 1.165) is 6.07 Å². The van der Waals surface area contributed by atoms with E-state index in [-0.39, 0.29) is 48.0 Å². The highest BCUT2D eigenvalue weighted by molar-refractivity contribution is 14.1. The van der Waals surface area contributed by atoms with E-state index in [1.165, 1.54) is 23.1 Å². The zero-order valence-corrected chi connectivity index (χ0v) is 17.5. The maximum absolute atomic E-state index is 14.5. The summed E-state index contributed by atoms with van der Waals surface area (Å²) in [6.45, 7) is 4.21. The Hall–Kier alpha value is -2.36. The molecule has 1 N–H and O–H groups in total. The second kappa shape index (κ2) is 8.98. The molecule has 0 saturated carbocycles. The van der Waals surface area contributed by atoms with Crippen molar-refractivity contribution in [1.82, 2.24) is 10.2 Å². The Morgan fingerprint density at radius 1 is 1.17 bits per heavy atom. The number of hydrogen-bond acceptors (Lipinski definition) is 2. The van der Waals surface area contributed by atoms with Gasteiger partial charge in [-0.05, 0) is 52.4 Å². The summed E-state index contributed by atoms with van der Waals surface area (Å²) in [4.78, 5) is 26.1. The summed E-state index contributed by atoms with van der Waals surface area (Å²) < 4.78 is 43.2. The minimum absolute atomic E-state index is 0.0354. The molecule has 2 aromatic carbocycles. The molecule has 1 aliphatic rings. The highest BCUT2D eigenvalue weighted by Crippen LogP contribution is 2.26. The van der Waals surface area contributed by atoms with Crippen molar-refractivity contribution in [3.05, 3.63) is 80.7 Å². The number of halogens is 4. The van der Waals surface area contributed by atoms with Crippen molar-refractivity contribution < 1.29 is 22.8 Å². The number of nitrogens with zero attached hydrogens (tertiary/aromatic N) is 1. The molecule has 3 rings (SSSR count). The van der Waals surface area contributed by atoms with E-state index in [1.807, 2.05) is 22.6 Å². The van der Waals surface area contributed by atoms with Crippen LogP contribution in [0.5, 0.6) is 0 Å². The van der Waals surface area contributed by atoms with Crippen molar-refractivity contribution >= 4 is 34.4 Å². The molecular weight excluding hydrogens is 496 g/mol. The Balaban J connectivity index is 1.81. The molecule has 1 saturated heterocycles. The van der Waals surface area contributed by atoms with E-state index in [1.54, 1.807) is 12.1 Å². The third kappa shape index (κ3) is 4.63. The molecule has 4 nitrogen and oxygen atoms in total. The first kappa shape index (κ1) is 21.4. The molecule has 1 fully saturated rings. The predicted octanol–water partition coefficient (Wildman–Crippen LogP) is 3.67. The molecule has 0 spiro atoms. The van der Waals surface area contributed by atoms with Crippen LogP contribution in [-0.2, 0) is 11.2 Å². The summed E-state index contributed by atoms with van der Waals surface area (Å²) in [5.74, 6) is -3.90. The highest BCUT2D eigenvalue weighted by Gasteiger charge is 2.37. The Morgan fingerprint density at radius 3 is 2.55 bits per heavy atom. The lowest BCUT2D eigenvalue weighted by molar-refractivity contribution is -0.128. The maximum Gasteiger partial charge on any atom is 0.254 e. The molecule has 0 atom stereocenters. The molecule has 0 aliphatic carbocycles. The molecule has 0 unspecified atom stereocenters. The first-order chi connectivity index (χ1) is 13.8. The van der Waals surface area contributed by atoms with Gasteiger partial charge in [0.2, 0.25) is 5.91 Å². The van der Waals surface area contributed by atoms with Gasteiger partial charge in [0.1, 0.15) is 5.82 Å². The lowest BCUT2D eigenvalue weighted by Gasteiger charge is -2.38. The van der Waals surface area contributed by atoms with Crippen LogP contribution in [0.1, 0.15) is 21.5 Å². The summed E-state index contributed by atoms with van der Waals surface area (Å²) in [5.41, 5.74) is -0.0734. The monoisotopic (exact) mass is 514 g/mol. The Labute approximate surface area is 179 Å². The van der Waals surface area contributed by atoms with Crippen LogP contribution in [0.25, 0.3) is 0 Å². The Morgan fingerprint density at radius 2 is 1.90 bits per heavy atom. The van der Waals surface area contributed by atoms with Crippen molar-refractivity contribution in [3.8, 4) is 0 Å². The van der Waals surface area contributed by atoms with Crippen LogP contribution in [0.4, 0.5) is 13.2 Å². The van der Waals surface area contributed by atoms with E-state index in [0.29, 0.717) is 10.1 Å². The third-order valence-electron chi connectivity index (χ3n) is 4.77. The van der Waals surface area contributed by atoms with Gasteiger partial charge in [0.05, 0.1) is 5.92 Å². The van der Waals surface area contributed by atoms with Crippen molar-refractivity contribution in [1.29, 1.82) is 0 Å². The molecule has 29 heavy (non-hydrogen) atoms. The Bertz CT molecular complexity index is 975. The number of carbonyl (C=O) groups is 2. The lowest BCUT2D eigenvalue weighted by atomic mass is 9.94. The molecule has 2 amide bonds. The normalized spacial score (nSPS) is 13.7. The van der Waals surface area contributed by atoms with Crippen molar-refractivity contribution in [2.75, 3.05) is 19.6 Å². The van der Waals surface area contributed by atoms with Crippen molar-refractivity contribution in [2.24, 2.45) is 5.92 Å². The number of nitrogens with one attached hydrogen (secondary N) is 1. The van der Waals surface area contributed by atoms with Crippen LogP contribution in [0.2, 0.25) is 0 Å². The smallest absolute Gasteiger partial charge is 0.254 e. The van der Waals surface area contributed by atoms with E-state index in [9.17, 15) is 22.8 Å². The second-order valence-electron chi connectivity index (χ2n) is 6.74. The van der Waals surface area contributed by atoms with Gasteiger partial charge >= 0.3 is 0 Å². The largest absolute Gasteiger partial charge is 0.352 e. The lowest BCUT2D eigenvalue weighted by Crippen LogP contribution is -2.55. The van der Waals surface area contributed by atoms with Crippen molar-refractivity contribution in [2.45, 2.75) is 6.42 Å². The van der Waals surface area contributed by atoms with Crippen LogP contribution in [0.15, 0.2) is 43.0 Å². The fraction of sp³-hybridized carbons (Fsp3) is 0.238. The van der Waals surface area contributed by atoms with E-state index in [4.69, 9.17) is 0 Å². The zero-order valence-electron chi connectivity index (χ0n) is 15.4. The molecule has 0 bridgehead atoms. The number of amides is 2. The van der Waals surface area contributed by atoms with E-state index in [2.05, 4.69) is 11.9 Å². The molecule has 8 heteroatoms. The molecule has 0 radical (unpaired) electrons. The van der Waals surface area contributed by atoms with Gasteiger partial charge in [-0.15, -0.1) is 6.58 Å². The zero-order chi connectivity index (χ0) is 21.1. The van der Waals surface area contributed by atoms with Gasteiger partial charge in [0, 0.05) is 40.8 Å².